The molecule has 0 heterocycles. The third kappa shape index (κ3) is 7.09. The van der Waals surface area contributed by atoms with Gasteiger partial charge in [-0.15, -0.1) is 0 Å². The summed E-state index contributed by atoms with van der Waals surface area (Å²) in [6, 6.07) is 17.7. The van der Waals surface area contributed by atoms with Gasteiger partial charge >= 0.3 is 0 Å². The highest BCUT2D eigenvalue weighted by Crippen LogP contribution is 2.31. The lowest BCUT2D eigenvalue weighted by atomic mass is 9.86. The second kappa shape index (κ2) is 12.0. The first-order chi connectivity index (χ1) is 16.3. The summed E-state index contributed by atoms with van der Waals surface area (Å²) in [7, 11) is 0. The number of rotatable bonds is 10. The molecule has 0 bridgehead atoms. The molecule has 184 valence electrons. The van der Waals surface area contributed by atoms with Gasteiger partial charge in [0.15, 0.2) is 6.61 Å². The Hall–Kier alpha value is -2.82. The number of nitrogens with one attached hydrogen (secondary N) is 1. The van der Waals surface area contributed by atoms with E-state index < -0.39 is 6.04 Å². The molecule has 1 aliphatic rings. The summed E-state index contributed by atoms with van der Waals surface area (Å²) in [5.41, 5.74) is 2.11. The van der Waals surface area contributed by atoms with E-state index in [9.17, 15) is 9.59 Å². The molecule has 3 rings (SSSR count). The molecule has 1 fully saturated rings. The maximum absolute atomic E-state index is 13.5. The molecule has 0 aliphatic heterocycles. The van der Waals surface area contributed by atoms with Crippen LogP contribution in [0.15, 0.2) is 54.6 Å². The first-order valence-electron chi connectivity index (χ1n) is 12.7. The van der Waals surface area contributed by atoms with Crippen LogP contribution in [-0.2, 0) is 21.4 Å². The third-order valence-electron chi connectivity index (χ3n) is 6.62. The van der Waals surface area contributed by atoms with Gasteiger partial charge in [-0.1, -0.05) is 89.1 Å². The van der Waals surface area contributed by atoms with Crippen molar-refractivity contribution in [3.8, 4) is 5.75 Å². The van der Waals surface area contributed by atoms with Crippen molar-refractivity contribution in [1.82, 2.24) is 10.2 Å². The fourth-order valence-electron chi connectivity index (χ4n) is 4.70. The zero-order valence-electron chi connectivity index (χ0n) is 21.2. The second-order valence-electron chi connectivity index (χ2n) is 10.3. The average molecular weight is 465 g/mol. The van der Waals surface area contributed by atoms with Crippen LogP contribution in [0.1, 0.15) is 70.9 Å². The molecule has 0 aromatic heterocycles. The largest absolute Gasteiger partial charge is 0.483 e. The molecular formula is C29H40N2O3. The highest BCUT2D eigenvalue weighted by Gasteiger charge is 2.31. The number of hydrogen-bond acceptors (Lipinski definition) is 3. The molecule has 2 aromatic rings. The minimum Gasteiger partial charge on any atom is -0.483 e. The number of nitrogens with zero attached hydrogens (tertiary/aromatic N) is 1. The van der Waals surface area contributed by atoms with Crippen molar-refractivity contribution < 1.29 is 14.3 Å². The zero-order chi connectivity index (χ0) is 24.6. The van der Waals surface area contributed by atoms with E-state index in [2.05, 4.69) is 38.2 Å². The van der Waals surface area contributed by atoms with Gasteiger partial charge in [0.1, 0.15) is 11.8 Å². The number of hydrogen-bond donors (Lipinski definition) is 1. The quantitative estimate of drug-likeness (QED) is 0.521. The van der Waals surface area contributed by atoms with E-state index >= 15 is 0 Å². The summed E-state index contributed by atoms with van der Waals surface area (Å²) < 4.78 is 6.04. The van der Waals surface area contributed by atoms with E-state index in [1.54, 1.807) is 4.90 Å². The van der Waals surface area contributed by atoms with Gasteiger partial charge in [0, 0.05) is 12.6 Å². The molecule has 0 radical (unpaired) electrons. The molecule has 1 aliphatic carbocycles. The minimum atomic E-state index is -0.502. The number of benzene rings is 2. The van der Waals surface area contributed by atoms with E-state index in [0.717, 1.165) is 42.6 Å². The van der Waals surface area contributed by atoms with Gasteiger partial charge < -0.3 is 15.0 Å². The fourth-order valence-corrected chi connectivity index (χ4v) is 4.70. The number of carbonyl (C=O) groups excluding carboxylic acids is 2. The van der Waals surface area contributed by atoms with Gasteiger partial charge in [0.2, 0.25) is 5.91 Å². The Morgan fingerprint density at radius 3 is 2.32 bits per heavy atom. The molecule has 5 heteroatoms. The van der Waals surface area contributed by atoms with E-state index in [1.807, 2.05) is 49.4 Å². The van der Waals surface area contributed by atoms with Crippen LogP contribution in [0, 0.1) is 0 Å². The monoisotopic (exact) mass is 464 g/mol. The minimum absolute atomic E-state index is 0.0501. The maximum atomic E-state index is 13.5. The summed E-state index contributed by atoms with van der Waals surface area (Å²) in [5, 5.41) is 3.19. The molecule has 0 unspecified atom stereocenters. The predicted octanol–water partition coefficient (Wildman–Crippen LogP) is 5.27. The molecule has 34 heavy (non-hydrogen) atoms. The average Bonchev–Trinajstić information content (AvgIpc) is 3.33. The van der Waals surface area contributed by atoms with Gasteiger partial charge in [0.05, 0.1) is 0 Å². The predicted molar refractivity (Wildman–Crippen MR) is 137 cm³/mol. The lowest BCUT2D eigenvalue weighted by Crippen LogP contribution is -2.53. The Labute approximate surface area is 204 Å². The van der Waals surface area contributed by atoms with Crippen molar-refractivity contribution in [3.05, 3.63) is 65.7 Å². The fraction of sp³-hybridized carbons (Fsp3) is 0.517. The van der Waals surface area contributed by atoms with Crippen LogP contribution in [0.25, 0.3) is 0 Å². The Morgan fingerprint density at radius 2 is 1.68 bits per heavy atom. The Balaban J connectivity index is 1.75. The molecule has 1 N–H and O–H groups in total. The molecule has 1 atom stereocenters. The van der Waals surface area contributed by atoms with Crippen LogP contribution in [0.2, 0.25) is 0 Å². The van der Waals surface area contributed by atoms with Crippen molar-refractivity contribution in [2.24, 2.45) is 0 Å². The van der Waals surface area contributed by atoms with Crippen molar-refractivity contribution in [2.45, 2.75) is 83.7 Å². The molecule has 0 spiro atoms. The molecule has 2 aromatic carbocycles. The molecule has 5 nitrogen and oxygen atoms in total. The molecule has 1 saturated carbocycles. The highest BCUT2D eigenvalue weighted by molar-refractivity contribution is 5.88. The van der Waals surface area contributed by atoms with Crippen LogP contribution in [0.4, 0.5) is 0 Å². The van der Waals surface area contributed by atoms with Gasteiger partial charge in [-0.25, -0.2) is 0 Å². The Kier molecular flexibility index (Phi) is 9.14. The third-order valence-corrected chi connectivity index (χ3v) is 6.62. The van der Waals surface area contributed by atoms with E-state index in [4.69, 9.17) is 4.74 Å². The Morgan fingerprint density at radius 1 is 1.03 bits per heavy atom. The van der Waals surface area contributed by atoms with Gasteiger partial charge in [-0.3, -0.25) is 9.59 Å². The van der Waals surface area contributed by atoms with Crippen molar-refractivity contribution in [3.63, 3.8) is 0 Å². The SMILES string of the molecule is CC[C@@H](C(=O)NC1CCCC1)N(CCc1ccccc1)C(=O)COc1ccccc1C(C)(C)C. The number of para-hydroxylation sites is 1. The number of amides is 2. The maximum Gasteiger partial charge on any atom is 0.261 e. The van der Waals surface area contributed by atoms with Gasteiger partial charge in [0.25, 0.3) is 5.91 Å². The number of carbonyl (C=O) groups is 2. The highest BCUT2D eigenvalue weighted by atomic mass is 16.5. The van der Waals surface area contributed by atoms with Crippen LogP contribution >= 0.6 is 0 Å². The molecular weight excluding hydrogens is 424 g/mol. The Bertz CT molecular complexity index is 930. The van der Waals surface area contributed by atoms with Gasteiger partial charge in [-0.2, -0.15) is 0 Å². The first kappa shape index (κ1) is 25.8. The van der Waals surface area contributed by atoms with Crippen molar-refractivity contribution >= 4 is 11.8 Å². The van der Waals surface area contributed by atoms with Crippen molar-refractivity contribution in [2.75, 3.05) is 13.2 Å². The standard InChI is InChI=1S/C29H40N2O3/c1-5-25(28(33)30-23-15-9-10-16-23)31(20-19-22-13-7-6-8-14-22)27(32)21-34-26-18-12-11-17-24(26)29(2,3)4/h6-8,11-14,17-18,23,25H,5,9-10,15-16,19-21H2,1-4H3,(H,30,33)/t25-/m0/s1. The summed E-state index contributed by atoms with van der Waals surface area (Å²) in [5.74, 6) is 0.508. The van der Waals surface area contributed by atoms with E-state index in [-0.39, 0.29) is 29.9 Å². The summed E-state index contributed by atoms with van der Waals surface area (Å²) in [4.78, 5) is 28.4. The van der Waals surface area contributed by atoms with Crippen LogP contribution in [-0.4, -0.2) is 41.9 Å². The topological polar surface area (TPSA) is 58.6 Å². The first-order valence-corrected chi connectivity index (χ1v) is 12.7. The normalized spacial score (nSPS) is 15.1. The summed E-state index contributed by atoms with van der Waals surface area (Å²) in [6.07, 6.45) is 5.61. The number of ether oxygens (including phenoxy) is 1. The van der Waals surface area contributed by atoms with Gasteiger partial charge in [-0.05, 0) is 48.3 Å². The molecule has 2 amide bonds. The van der Waals surface area contributed by atoms with Crippen LogP contribution in [0.5, 0.6) is 5.75 Å². The lowest BCUT2D eigenvalue weighted by Gasteiger charge is -2.31. The van der Waals surface area contributed by atoms with Crippen LogP contribution < -0.4 is 10.1 Å². The van der Waals surface area contributed by atoms with Crippen molar-refractivity contribution in [1.29, 1.82) is 0 Å². The molecule has 0 saturated heterocycles. The van der Waals surface area contributed by atoms with E-state index in [1.165, 1.54) is 0 Å². The second-order valence-corrected chi connectivity index (χ2v) is 10.3. The smallest absolute Gasteiger partial charge is 0.261 e. The zero-order valence-corrected chi connectivity index (χ0v) is 21.2. The lowest BCUT2D eigenvalue weighted by molar-refractivity contribution is -0.142. The van der Waals surface area contributed by atoms with Crippen LogP contribution in [0.3, 0.4) is 0 Å². The van der Waals surface area contributed by atoms with E-state index in [0.29, 0.717) is 19.4 Å². The summed E-state index contributed by atoms with van der Waals surface area (Å²) in [6.45, 7) is 8.74. The summed E-state index contributed by atoms with van der Waals surface area (Å²) >= 11 is 0.